The molecule has 0 saturated carbocycles. The number of benzene rings is 1. The largest absolute Gasteiger partial charge is 0.491 e. The maximum absolute atomic E-state index is 13.8. The van der Waals surface area contributed by atoms with E-state index in [4.69, 9.17) is 9.47 Å². The molecule has 1 amide bonds. The molecule has 0 unspecified atom stereocenters. The van der Waals surface area contributed by atoms with Crippen LogP contribution in [0.4, 0.5) is 13.2 Å². The summed E-state index contributed by atoms with van der Waals surface area (Å²) in [5, 5.41) is 0. The fourth-order valence-electron chi connectivity index (χ4n) is 4.26. The van der Waals surface area contributed by atoms with E-state index < -0.39 is 40.0 Å². The Bertz CT molecular complexity index is 1320. The molecule has 1 N–H and O–H groups in total. The third-order valence-corrected chi connectivity index (χ3v) is 7.63. The lowest BCUT2D eigenvalue weighted by Gasteiger charge is -2.21. The molecule has 1 aromatic carbocycles. The highest BCUT2D eigenvalue weighted by Crippen LogP contribution is 2.38. The molecule has 0 spiro atoms. The molecule has 1 aliphatic rings. The van der Waals surface area contributed by atoms with E-state index in [1.165, 1.54) is 13.0 Å². The number of sulfonamides is 1. The molecule has 2 aromatic rings. The monoisotopic (exact) mass is 560 g/mol. The van der Waals surface area contributed by atoms with Gasteiger partial charge in [-0.05, 0) is 31.9 Å². The minimum Gasteiger partial charge on any atom is -0.491 e. The Morgan fingerprint density at radius 3 is 2.55 bits per heavy atom. The van der Waals surface area contributed by atoms with Crippen LogP contribution >= 0.6 is 0 Å². The van der Waals surface area contributed by atoms with E-state index in [9.17, 15) is 26.4 Å². The minimum atomic E-state index is -4.81. The molecule has 0 radical (unpaired) electrons. The van der Waals surface area contributed by atoms with Gasteiger partial charge in [0.05, 0.1) is 29.5 Å². The van der Waals surface area contributed by atoms with Crippen LogP contribution in [0.15, 0.2) is 29.3 Å². The average Bonchev–Trinajstić information content (AvgIpc) is 3.45. The predicted molar refractivity (Wildman–Crippen MR) is 135 cm³/mol. The van der Waals surface area contributed by atoms with Gasteiger partial charge in [-0.15, -0.1) is 0 Å². The summed E-state index contributed by atoms with van der Waals surface area (Å²) in [6.07, 6.45) is -3.10. The summed E-state index contributed by atoms with van der Waals surface area (Å²) in [5.41, 5.74) is -0.640. The Morgan fingerprint density at radius 1 is 1.26 bits per heavy atom. The standard InChI is InChI=1S/C25H35F3N4O5S/c1-6-38(34,35)29-12-14-37-22-18(10-7-11-19(22)25(26,27)28)23(33)30-21-15-20(24(2,3)4)31(5)32(21)16-17-9-8-13-36-17/h7,10-11,15,17,29H,6,8-9,12-14,16H2,1-5H3/b30-21+/t17-/m1/s1. The van der Waals surface area contributed by atoms with Gasteiger partial charge < -0.3 is 9.47 Å². The van der Waals surface area contributed by atoms with E-state index in [0.29, 0.717) is 13.2 Å². The van der Waals surface area contributed by atoms with Gasteiger partial charge in [0.15, 0.2) is 5.49 Å². The normalized spacial score (nSPS) is 17.3. The van der Waals surface area contributed by atoms with Gasteiger partial charge in [0.2, 0.25) is 10.0 Å². The maximum Gasteiger partial charge on any atom is 0.419 e. The molecule has 38 heavy (non-hydrogen) atoms. The van der Waals surface area contributed by atoms with Gasteiger partial charge >= 0.3 is 6.18 Å². The van der Waals surface area contributed by atoms with Gasteiger partial charge in [-0.1, -0.05) is 26.8 Å². The number of carbonyl (C=O) groups is 1. The van der Waals surface area contributed by atoms with Crippen LogP contribution in [-0.4, -0.2) is 55.3 Å². The van der Waals surface area contributed by atoms with E-state index in [2.05, 4.69) is 9.71 Å². The fourth-order valence-corrected chi connectivity index (χ4v) is 4.86. The summed E-state index contributed by atoms with van der Waals surface area (Å²) in [6, 6.07) is 4.88. The van der Waals surface area contributed by atoms with Crippen LogP contribution in [0.1, 0.15) is 62.2 Å². The number of ether oxygens (including phenoxy) is 2. The molecule has 0 bridgehead atoms. The van der Waals surface area contributed by atoms with E-state index in [-0.39, 0.29) is 34.9 Å². The van der Waals surface area contributed by atoms with Crippen molar-refractivity contribution in [3.8, 4) is 5.75 Å². The molecule has 1 atom stereocenters. The molecule has 1 aromatic heterocycles. The van der Waals surface area contributed by atoms with Crippen LogP contribution in [0.25, 0.3) is 0 Å². The van der Waals surface area contributed by atoms with Crippen LogP contribution in [0, 0.1) is 0 Å². The quantitative estimate of drug-likeness (QED) is 0.474. The first-order chi connectivity index (χ1) is 17.6. The number of carbonyl (C=O) groups excluding carboxylic acids is 1. The van der Waals surface area contributed by atoms with Crippen LogP contribution < -0.4 is 14.9 Å². The summed E-state index contributed by atoms with van der Waals surface area (Å²) in [6.45, 7) is 7.86. The maximum atomic E-state index is 13.8. The van der Waals surface area contributed by atoms with Crippen molar-refractivity contribution < 1.29 is 35.9 Å². The average molecular weight is 561 g/mol. The van der Waals surface area contributed by atoms with Crippen molar-refractivity contribution in [1.82, 2.24) is 14.1 Å². The Labute approximate surface area is 220 Å². The van der Waals surface area contributed by atoms with Gasteiger partial charge in [-0.25, -0.2) is 13.1 Å². The van der Waals surface area contributed by atoms with Crippen molar-refractivity contribution >= 4 is 15.9 Å². The molecule has 9 nitrogen and oxygen atoms in total. The number of hydrogen-bond donors (Lipinski definition) is 1. The van der Waals surface area contributed by atoms with Crippen molar-refractivity contribution in [1.29, 1.82) is 0 Å². The number of para-hydroxylation sites is 1. The predicted octanol–water partition coefficient (Wildman–Crippen LogP) is 3.38. The van der Waals surface area contributed by atoms with E-state index >= 15 is 0 Å². The molecule has 1 aliphatic heterocycles. The van der Waals surface area contributed by atoms with E-state index in [1.54, 1.807) is 10.7 Å². The topological polar surface area (TPSA) is 104 Å². The van der Waals surface area contributed by atoms with Gasteiger partial charge in [0.1, 0.15) is 12.4 Å². The van der Waals surface area contributed by atoms with Gasteiger partial charge in [-0.2, -0.15) is 18.2 Å². The molecule has 212 valence electrons. The number of halogens is 3. The van der Waals surface area contributed by atoms with Crippen molar-refractivity contribution in [3.05, 3.63) is 46.6 Å². The zero-order valence-electron chi connectivity index (χ0n) is 22.3. The summed E-state index contributed by atoms with van der Waals surface area (Å²) >= 11 is 0. The van der Waals surface area contributed by atoms with Crippen LogP contribution in [-0.2, 0) is 39.9 Å². The number of rotatable bonds is 9. The lowest BCUT2D eigenvalue weighted by atomic mass is 9.92. The minimum absolute atomic E-state index is 0.0650. The highest BCUT2D eigenvalue weighted by molar-refractivity contribution is 7.89. The van der Waals surface area contributed by atoms with Crippen molar-refractivity contribution in [3.63, 3.8) is 0 Å². The summed E-state index contributed by atoms with van der Waals surface area (Å²) in [5.74, 6) is -1.79. The van der Waals surface area contributed by atoms with Crippen molar-refractivity contribution in [2.75, 3.05) is 25.5 Å². The molecular weight excluding hydrogens is 525 g/mol. The van der Waals surface area contributed by atoms with E-state index in [1.807, 2.05) is 32.5 Å². The smallest absolute Gasteiger partial charge is 0.419 e. The number of aromatic nitrogens is 2. The molecular formula is C25H35F3N4O5S. The molecule has 3 rings (SSSR count). The van der Waals surface area contributed by atoms with Crippen LogP contribution in [0.5, 0.6) is 5.75 Å². The van der Waals surface area contributed by atoms with Gasteiger partial charge in [0, 0.05) is 37.4 Å². The Kier molecular flexibility index (Phi) is 9.15. The van der Waals surface area contributed by atoms with Crippen LogP contribution in [0.2, 0.25) is 0 Å². The van der Waals surface area contributed by atoms with Gasteiger partial charge in [-0.3, -0.25) is 14.2 Å². The fraction of sp³-hybridized carbons (Fsp3) is 0.600. The first-order valence-electron chi connectivity index (χ1n) is 12.4. The highest BCUT2D eigenvalue weighted by atomic mass is 32.2. The first kappa shape index (κ1) is 29.9. The van der Waals surface area contributed by atoms with E-state index in [0.717, 1.165) is 30.7 Å². The Hall–Kier alpha value is -2.64. The second-order valence-electron chi connectivity index (χ2n) is 10.1. The van der Waals surface area contributed by atoms with Gasteiger partial charge in [0.25, 0.3) is 5.91 Å². The van der Waals surface area contributed by atoms with Crippen molar-refractivity contribution in [2.45, 2.75) is 64.8 Å². The number of alkyl halides is 3. The third kappa shape index (κ3) is 7.26. The summed E-state index contributed by atoms with van der Waals surface area (Å²) in [4.78, 5) is 17.6. The lowest BCUT2D eigenvalue weighted by molar-refractivity contribution is -0.138. The molecule has 1 fully saturated rings. The first-order valence-corrected chi connectivity index (χ1v) is 14.1. The molecule has 1 saturated heterocycles. The number of hydrogen-bond acceptors (Lipinski definition) is 5. The zero-order valence-corrected chi connectivity index (χ0v) is 23.1. The molecule has 2 heterocycles. The number of amides is 1. The molecule has 0 aliphatic carbocycles. The van der Waals surface area contributed by atoms with Crippen molar-refractivity contribution in [2.24, 2.45) is 12.0 Å². The SMILES string of the molecule is CCS(=O)(=O)NCCOc1c(C(=O)/N=c2\cc(C(C)(C)C)n(C)n2C[C@H]2CCCO2)cccc1C(F)(F)F. The zero-order chi connectivity index (χ0) is 28.3. The second-order valence-corrected chi connectivity index (χ2v) is 12.2. The third-order valence-electron chi connectivity index (χ3n) is 6.23. The number of nitrogens with zero attached hydrogens (tertiary/aromatic N) is 3. The summed E-state index contributed by atoms with van der Waals surface area (Å²) in [7, 11) is -1.72. The lowest BCUT2D eigenvalue weighted by Crippen LogP contribution is -2.30. The second kappa shape index (κ2) is 11.6. The highest BCUT2D eigenvalue weighted by Gasteiger charge is 2.36. The van der Waals surface area contributed by atoms with Crippen LogP contribution in [0.3, 0.4) is 0 Å². The Morgan fingerprint density at radius 2 is 1.97 bits per heavy atom. The summed E-state index contributed by atoms with van der Waals surface area (Å²) < 4.78 is 81.7. The Balaban J connectivity index is 2.03. The molecule has 13 heteroatoms. The number of nitrogens with one attached hydrogen (secondary N) is 1.